The van der Waals surface area contributed by atoms with Crippen LogP contribution in [0.25, 0.3) is 119 Å². The monoisotopic (exact) mass is 980 g/mol. The lowest BCUT2D eigenvalue weighted by Gasteiger charge is -2.20. The Kier molecular flexibility index (Phi) is 11.1. The number of nitriles is 4. The lowest BCUT2D eigenvalue weighted by molar-refractivity contribution is -0.137. The molecular formula is C63H27F3N10. The predicted octanol–water partition coefficient (Wildman–Crippen LogP) is 17.3. The number of hydrogen-bond donors (Lipinski definition) is 0. The number of alkyl halides is 3. The first-order chi connectivity index (χ1) is 36.9. The number of hydrogen-bond acceptors (Lipinski definition) is 4. The molecule has 11 aromatic rings. The average molecular weight is 981 g/mol. The van der Waals surface area contributed by atoms with E-state index in [9.17, 15) is 34.2 Å². The van der Waals surface area contributed by atoms with Gasteiger partial charge in [0.1, 0.15) is 0 Å². The maximum absolute atomic E-state index is 14.2. The Hall–Kier alpha value is -11.7. The number of benzene rings is 9. The minimum atomic E-state index is -4.73. The summed E-state index contributed by atoms with van der Waals surface area (Å²) in [4.78, 5) is 14.5. The molecule has 76 heavy (non-hydrogen) atoms. The first kappa shape index (κ1) is 46.7. The van der Waals surface area contributed by atoms with Crippen molar-refractivity contribution in [2.24, 2.45) is 0 Å². The zero-order valence-corrected chi connectivity index (χ0v) is 39.2. The number of halogens is 3. The molecule has 350 valence electrons. The lowest BCUT2D eigenvalue weighted by Crippen LogP contribution is -2.04. The summed E-state index contributed by atoms with van der Waals surface area (Å²) in [5.41, 5.74) is 7.67. The van der Waals surface area contributed by atoms with Crippen molar-refractivity contribution >= 4 is 66.4 Å². The van der Waals surface area contributed by atoms with Crippen LogP contribution < -0.4 is 0 Å². The van der Waals surface area contributed by atoms with E-state index in [0.29, 0.717) is 55.8 Å². The van der Waals surface area contributed by atoms with E-state index in [-0.39, 0.29) is 50.6 Å². The van der Waals surface area contributed by atoms with Crippen molar-refractivity contribution in [2.75, 3.05) is 0 Å². The van der Waals surface area contributed by atoms with Gasteiger partial charge in [-0.25, -0.2) is 19.4 Å². The third-order valence-corrected chi connectivity index (χ3v) is 13.5. The van der Waals surface area contributed by atoms with Crippen LogP contribution in [0.15, 0.2) is 164 Å². The fraction of sp³-hybridized carbons (Fsp3) is 0.0159. The summed E-state index contributed by atoms with van der Waals surface area (Å²) in [5.74, 6) is 0. The van der Waals surface area contributed by atoms with E-state index < -0.39 is 11.7 Å². The van der Waals surface area contributed by atoms with Gasteiger partial charge in [0.2, 0.25) is 0 Å². The molecule has 0 atom stereocenters. The molecule has 0 amide bonds. The second kappa shape index (κ2) is 18.2. The van der Waals surface area contributed by atoms with Gasteiger partial charge in [-0.2, -0.15) is 34.2 Å². The van der Waals surface area contributed by atoms with Crippen LogP contribution in [0.5, 0.6) is 0 Å². The summed E-state index contributed by atoms with van der Waals surface area (Å²) in [7, 11) is 0. The van der Waals surface area contributed by atoms with Crippen LogP contribution in [0, 0.1) is 71.6 Å². The summed E-state index contributed by atoms with van der Waals surface area (Å²) in [6, 6.07) is 54.7. The minimum Gasteiger partial charge on any atom is -0.309 e. The summed E-state index contributed by atoms with van der Waals surface area (Å²) >= 11 is 0. The smallest absolute Gasteiger partial charge is 0.309 e. The molecule has 0 aliphatic rings. The molecule has 0 aliphatic carbocycles. The Labute approximate surface area is 431 Å². The summed E-state index contributed by atoms with van der Waals surface area (Å²) in [6.45, 7) is 31.6. The van der Waals surface area contributed by atoms with E-state index in [1.807, 2.05) is 106 Å². The van der Waals surface area contributed by atoms with E-state index in [0.717, 1.165) is 50.2 Å². The van der Waals surface area contributed by atoms with Crippen LogP contribution >= 0.6 is 0 Å². The van der Waals surface area contributed by atoms with E-state index >= 15 is 0 Å². The topological polar surface area (TPSA) is 122 Å². The molecule has 0 radical (unpaired) electrons. The Bertz CT molecular complexity index is 4680. The standard InChI is InChI=1S/C63H27F3N10/c1-71-43-26-41(35-70)62(55(30-43)74-4)39-14-21-58-51(27-39)47-9-5-7-11-56(47)75(58)44-17-19-45(46-18-16-42(63(64,65)66)29-53(46)72-2)49(31-44)50-24-36(32-67)13-20-59(50)76-57-12-8-6-10-48(57)52-28-38(15-22-60(52)76)61-40(34-69)23-37(33-68)25-54(61)73-3/h5-31H. The molecule has 0 saturated carbocycles. The molecule has 0 N–H and O–H groups in total. The number of fused-ring (bicyclic) bond motifs is 6. The van der Waals surface area contributed by atoms with E-state index in [1.165, 1.54) is 30.3 Å². The molecule has 0 fully saturated rings. The van der Waals surface area contributed by atoms with Gasteiger partial charge in [-0.15, -0.1) is 0 Å². The quantitative estimate of drug-likeness (QED) is 0.154. The molecule has 0 spiro atoms. The zero-order valence-electron chi connectivity index (χ0n) is 39.2. The Balaban J connectivity index is 1.20. The molecule has 0 unspecified atom stereocenters. The molecular weight excluding hydrogens is 954 g/mol. The average Bonchev–Trinajstić information content (AvgIpc) is 3.99. The highest BCUT2D eigenvalue weighted by Crippen LogP contribution is 2.47. The maximum atomic E-state index is 14.2. The second-order valence-electron chi connectivity index (χ2n) is 17.6. The molecule has 11 rings (SSSR count). The van der Waals surface area contributed by atoms with E-state index in [2.05, 4.69) is 37.6 Å². The van der Waals surface area contributed by atoms with Gasteiger partial charge in [-0.05, 0) is 119 Å². The van der Waals surface area contributed by atoms with Crippen molar-refractivity contribution in [3.05, 3.63) is 237 Å². The highest BCUT2D eigenvalue weighted by atomic mass is 19.4. The minimum absolute atomic E-state index is 0.140. The van der Waals surface area contributed by atoms with Crippen LogP contribution in [0.4, 0.5) is 35.9 Å². The van der Waals surface area contributed by atoms with Gasteiger partial charge in [0.15, 0.2) is 22.7 Å². The van der Waals surface area contributed by atoms with Gasteiger partial charge in [0.25, 0.3) is 0 Å². The molecule has 2 heterocycles. The van der Waals surface area contributed by atoms with Crippen molar-refractivity contribution in [3.63, 3.8) is 0 Å². The summed E-state index contributed by atoms with van der Waals surface area (Å²) in [6.07, 6.45) is -4.73. The maximum Gasteiger partial charge on any atom is 0.415 e. The van der Waals surface area contributed by atoms with E-state index in [1.54, 1.807) is 30.3 Å². The summed E-state index contributed by atoms with van der Waals surface area (Å²) < 4.78 is 46.8. The molecule has 9 aromatic carbocycles. The predicted molar refractivity (Wildman–Crippen MR) is 286 cm³/mol. The molecule has 10 nitrogen and oxygen atoms in total. The van der Waals surface area contributed by atoms with E-state index in [4.69, 9.17) is 26.3 Å². The Morgan fingerprint density at radius 3 is 1.57 bits per heavy atom. The fourth-order valence-corrected chi connectivity index (χ4v) is 10.3. The van der Waals surface area contributed by atoms with Crippen molar-refractivity contribution in [2.45, 2.75) is 6.18 Å². The van der Waals surface area contributed by atoms with Crippen LogP contribution in [0.3, 0.4) is 0 Å². The molecule has 0 saturated heterocycles. The fourth-order valence-electron chi connectivity index (χ4n) is 10.3. The molecule has 13 heteroatoms. The van der Waals surface area contributed by atoms with Crippen LogP contribution in [-0.4, -0.2) is 9.13 Å². The Morgan fingerprint density at radius 2 is 0.974 bits per heavy atom. The highest BCUT2D eigenvalue weighted by Gasteiger charge is 2.32. The van der Waals surface area contributed by atoms with Gasteiger partial charge in [0, 0.05) is 60.6 Å². The van der Waals surface area contributed by atoms with Crippen LogP contribution in [-0.2, 0) is 6.18 Å². The van der Waals surface area contributed by atoms with Crippen LogP contribution in [0.2, 0.25) is 0 Å². The zero-order chi connectivity index (χ0) is 53.0. The molecule has 0 aliphatic heterocycles. The highest BCUT2D eigenvalue weighted by molar-refractivity contribution is 6.13. The van der Waals surface area contributed by atoms with Crippen molar-refractivity contribution in [1.29, 1.82) is 21.0 Å². The van der Waals surface area contributed by atoms with Gasteiger partial charge >= 0.3 is 6.18 Å². The molecule has 2 aromatic heterocycles. The van der Waals surface area contributed by atoms with Crippen molar-refractivity contribution < 1.29 is 13.2 Å². The number of aromatic nitrogens is 2. The van der Waals surface area contributed by atoms with Gasteiger partial charge in [-0.1, -0.05) is 72.8 Å². The van der Waals surface area contributed by atoms with Crippen molar-refractivity contribution in [1.82, 2.24) is 9.13 Å². The number of rotatable bonds is 6. The normalized spacial score (nSPS) is 11.0. The lowest BCUT2D eigenvalue weighted by atomic mass is 9.90. The third-order valence-electron chi connectivity index (χ3n) is 13.5. The second-order valence-corrected chi connectivity index (χ2v) is 17.6. The Morgan fingerprint density at radius 1 is 0.408 bits per heavy atom. The largest absolute Gasteiger partial charge is 0.415 e. The first-order valence-corrected chi connectivity index (χ1v) is 23.0. The van der Waals surface area contributed by atoms with Gasteiger partial charge in [-0.3, -0.25) is 0 Å². The van der Waals surface area contributed by atoms with Gasteiger partial charge < -0.3 is 9.13 Å². The third kappa shape index (κ3) is 7.44. The number of para-hydroxylation sites is 2. The first-order valence-electron chi connectivity index (χ1n) is 23.0. The summed E-state index contributed by atoms with van der Waals surface area (Å²) in [5, 5.41) is 43.8. The molecule has 0 bridgehead atoms. The number of nitrogens with zero attached hydrogens (tertiary/aromatic N) is 10. The SMILES string of the molecule is [C-]#[N+]c1cc(C#N)c(-c2ccc3c(c2)c2ccccc2n3-c2ccc(-c3ccc(C(F)(F)F)cc3[N+]#[C-])c(-c3cc(C#N)ccc3-n3c4ccccc4c4cc(-c5c(C#N)cc(C#N)cc5[N+]#[C-])ccc43)c2)c([N+]#[C-])c1. The van der Waals surface area contributed by atoms with Crippen molar-refractivity contribution in [3.8, 4) is 80.2 Å². The van der Waals surface area contributed by atoms with Gasteiger partial charge in [0.05, 0.1) is 89.4 Å². The van der Waals surface area contributed by atoms with Crippen LogP contribution in [0.1, 0.15) is 27.8 Å².